The minimum atomic E-state index is -1.61. The Balaban J connectivity index is 2.35. The normalized spacial score (nSPS) is 22.2. The predicted molar refractivity (Wildman–Crippen MR) is 232 cm³/mol. The Morgan fingerprint density at radius 2 is 1.11 bits per heavy atom. The van der Waals surface area contributed by atoms with Crippen LogP contribution in [0.25, 0.3) is 0 Å². The van der Waals surface area contributed by atoms with Gasteiger partial charge in [0.05, 0.1) is 25.4 Å². The molecular formula is C47H91NO9. The Bertz CT molecular complexity index is 937. The lowest BCUT2D eigenvalue weighted by atomic mass is 9.99. The van der Waals surface area contributed by atoms with Gasteiger partial charge in [-0.3, -0.25) is 4.79 Å². The maximum Gasteiger partial charge on any atom is 0.249 e. The van der Waals surface area contributed by atoms with Gasteiger partial charge in [-0.1, -0.05) is 206 Å². The minimum Gasteiger partial charge on any atom is -0.394 e. The zero-order valence-corrected chi connectivity index (χ0v) is 36.9. The molecule has 1 aliphatic rings. The SMILES string of the molecule is CCCCCCCCCCCCCCCCCCCCCC[C@@H](O)C(=O)N[C@@H](COC1OC(CO)C(O)C(O)C1O)[C@H](O)/C=C/CCCCCCCCC(C)CC. The number of aliphatic hydroxyl groups is 6. The van der Waals surface area contributed by atoms with E-state index in [1.54, 1.807) is 6.08 Å². The van der Waals surface area contributed by atoms with Gasteiger partial charge in [-0.2, -0.15) is 0 Å². The molecular weight excluding hydrogens is 723 g/mol. The van der Waals surface area contributed by atoms with E-state index < -0.39 is 61.5 Å². The summed E-state index contributed by atoms with van der Waals surface area (Å²) in [6.45, 7) is 5.93. The van der Waals surface area contributed by atoms with Crippen molar-refractivity contribution in [2.45, 2.75) is 262 Å². The molecule has 338 valence electrons. The number of carbonyl (C=O) groups is 1. The van der Waals surface area contributed by atoms with Gasteiger partial charge in [0.1, 0.15) is 30.5 Å². The molecule has 1 rings (SSSR count). The smallest absolute Gasteiger partial charge is 0.249 e. The molecule has 0 bridgehead atoms. The van der Waals surface area contributed by atoms with Crippen molar-refractivity contribution in [3.8, 4) is 0 Å². The highest BCUT2D eigenvalue weighted by molar-refractivity contribution is 5.80. The Morgan fingerprint density at radius 1 is 0.649 bits per heavy atom. The standard InChI is InChI=1S/C47H91NO9/c1-4-6-7-8-9-10-11-12-13-14-15-16-17-18-19-20-21-26-29-32-35-41(51)46(55)48-39(37-56-47-45(54)44(53)43(52)42(36-49)57-47)40(50)34-31-28-25-23-22-24-27-30-33-38(3)5-2/h31,34,38-45,47,49-54H,4-30,32-33,35-37H2,1-3H3,(H,48,55)/b34-31+/t38?,39-,40+,41+,42?,43?,44?,45?,47?/m0/s1. The van der Waals surface area contributed by atoms with Crippen LogP contribution in [0.2, 0.25) is 0 Å². The monoisotopic (exact) mass is 814 g/mol. The van der Waals surface area contributed by atoms with Crippen molar-refractivity contribution in [2.24, 2.45) is 5.92 Å². The summed E-state index contributed by atoms with van der Waals surface area (Å²) < 4.78 is 11.1. The number of allylic oxidation sites excluding steroid dienone is 1. The van der Waals surface area contributed by atoms with Gasteiger partial charge in [0.2, 0.25) is 5.91 Å². The number of rotatable bonds is 39. The number of ether oxygens (including phenoxy) is 2. The topological polar surface area (TPSA) is 169 Å². The molecule has 7 N–H and O–H groups in total. The highest BCUT2D eigenvalue weighted by Gasteiger charge is 2.44. The first-order chi connectivity index (χ1) is 27.7. The van der Waals surface area contributed by atoms with Crippen LogP contribution in [0.4, 0.5) is 0 Å². The van der Waals surface area contributed by atoms with Crippen molar-refractivity contribution in [1.82, 2.24) is 5.32 Å². The third kappa shape index (κ3) is 27.4. The third-order valence-corrected chi connectivity index (χ3v) is 12.0. The van der Waals surface area contributed by atoms with E-state index >= 15 is 0 Å². The van der Waals surface area contributed by atoms with E-state index in [0.29, 0.717) is 6.42 Å². The zero-order valence-electron chi connectivity index (χ0n) is 36.9. The molecule has 0 radical (unpaired) electrons. The fourth-order valence-electron chi connectivity index (χ4n) is 7.67. The van der Waals surface area contributed by atoms with Gasteiger partial charge in [-0.05, 0) is 25.2 Å². The van der Waals surface area contributed by atoms with E-state index in [-0.39, 0.29) is 6.61 Å². The molecule has 0 spiro atoms. The van der Waals surface area contributed by atoms with Gasteiger partial charge in [0.25, 0.3) is 0 Å². The fourth-order valence-corrected chi connectivity index (χ4v) is 7.67. The highest BCUT2D eigenvalue weighted by Crippen LogP contribution is 2.23. The first-order valence-corrected chi connectivity index (χ1v) is 23.9. The van der Waals surface area contributed by atoms with Crippen LogP contribution >= 0.6 is 0 Å². The van der Waals surface area contributed by atoms with Crippen LogP contribution < -0.4 is 5.32 Å². The lowest BCUT2D eigenvalue weighted by Gasteiger charge is -2.40. The molecule has 0 aromatic heterocycles. The molecule has 57 heavy (non-hydrogen) atoms. The molecule has 0 aliphatic carbocycles. The van der Waals surface area contributed by atoms with Crippen molar-refractivity contribution in [3.63, 3.8) is 0 Å². The van der Waals surface area contributed by atoms with Gasteiger partial charge < -0.3 is 45.4 Å². The zero-order chi connectivity index (χ0) is 41.9. The molecule has 10 heteroatoms. The molecule has 0 saturated carbocycles. The number of hydrogen-bond donors (Lipinski definition) is 7. The van der Waals surface area contributed by atoms with Crippen molar-refractivity contribution in [2.75, 3.05) is 13.2 Å². The van der Waals surface area contributed by atoms with Crippen molar-refractivity contribution in [3.05, 3.63) is 12.2 Å². The third-order valence-electron chi connectivity index (χ3n) is 12.0. The summed E-state index contributed by atoms with van der Waals surface area (Å²) in [6.07, 6.45) is 30.2. The largest absolute Gasteiger partial charge is 0.394 e. The van der Waals surface area contributed by atoms with Crippen LogP contribution in [0.1, 0.15) is 213 Å². The number of amides is 1. The number of nitrogens with one attached hydrogen (secondary N) is 1. The summed E-state index contributed by atoms with van der Waals surface area (Å²) in [6, 6.07) is -0.976. The predicted octanol–water partition coefficient (Wildman–Crippen LogP) is 8.94. The summed E-state index contributed by atoms with van der Waals surface area (Å²) in [5.74, 6) is 0.185. The van der Waals surface area contributed by atoms with E-state index in [0.717, 1.165) is 50.9 Å². The maximum absolute atomic E-state index is 13.0. The average Bonchev–Trinajstić information content (AvgIpc) is 3.21. The van der Waals surface area contributed by atoms with Gasteiger partial charge >= 0.3 is 0 Å². The van der Waals surface area contributed by atoms with Gasteiger partial charge in [0, 0.05) is 0 Å². The Hall–Kier alpha value is -1.11. The summed E-state index contributed by atoms with van der Waals surface area (Å²) >= 11 is 0. The summed E-state index contributed by atoms with van der Waals surface area (Å²) in [5.41, 5.74) is 0. The summed E-state index contributed by atoms with van der Waals surface area (Å²) in [5, 5.41) is 64.6. The quantitative estimate of drug-likeness (QED) is 0.0237. The Labute approximate surface area is 349 Å². The second-order valence-corrected chi connectivity index (χ2v) is 17.3. The van der Waals surface area contributed by atoms with Gasteiger partial charge in [-0.15, -0.1) is 0 Å². The van der Waals surface area contributed by atoms with E-state index in [9.17, 15) is 35.4 Å². The van der Waals surface area contributed by atoms with Crippen molar-refractivity contribution < 1.29 is 44.9 Å². The number of carbonyl (C=O) groups excluding carboxylic acids is 1. The number of unbranched alkanes of at least 4 members (excludes halogenated alkanes) is 25. The Morgan fingerprint density at radius 3 is 1.58 bits per heavy atom. The molecule has 1 amide bonds. The number of hydrogen-bond acceptors (Lipinski definition) is 9. The van der Waals surface area contributed by atoms with Crippen LogP contribution in [0, 0.1) is 5.92 Å². The van der Waals surface area contributed by atoms with Gasteiger partial charge in [-0.25, -0.2) is 0 Å². The van der Waals surface area contributed by atoms with E-state index in [4.69, 9.17) is 9.47 Å². The van der Waals surface area contributed by atoms with E-state index in [1.807, 2.05) is 6.08 Å². The molecule has 1 aliphatic heterocycles. The second kappa shape index (κ2) is 36.7. The van der Waals surface area contributed by atoms with Crippen LogP contribution in [-0.2, 0) is 14.3 Å². The summed E-state index contributed by atoms with van der Waals surface area (Å²) in [4.78, 5) is 13.0. The molecule has 6 unspecified atom stereocenters. The van der Waals surface area contributed by atoms with Crippen molar-refractivity contribution in [1.29, 1.82) is 0 Å². The second-order valence-electron chi connectivity index (χ2n) is 17.3. The van der Waals surface area contributed by atoms with Crippen molar-refractivity contribution >= 4 is 5.91 Å². The van der Waals surface area contributed by atoms with Crippen LogP contribution in [-0.4, -0.2) is 98.7 Å². The molecule has 0 aromatic rings. The molecule has 0 aromatic carbocycles. The van der Waals surface area contributed by atoms with E-state index in [1.165, 1.54) is 141 Å². The van der Waals surface area contributed by atoms with E-state index in [2.05, 4.69) is 26.1 Å². The molecule has 1 heterocycles. The van der Waals surface area contributed by atoms with Crippen LogP contribution in [0.15, 0.2) is 12.2 Å². The summed E-state index contributed by atoms with van der Waals surface area (Å²) in [7, 11) is 0. The molecule has 1 fully saturated rings. The van der Waals surface area contributed by atoms with Crippen LogP contribution in [0.3, 0.4) is 0 Å². The Kier molecular flexibility index (Phi) is 34.7. The molecule has 10 nitrogen and oxygen atoms in total. The molecule has 9 atom stereocenters. The lowest BCUT2D eigenvalue weighted by Crippen LogP contribution is -2.60. The first kappa shape index (κ1) is 53.9. The lowest BCUT2D eigenvalue weighted by molar-refractivity contribution is -0.302. The average molecular weight is 814 g/mol. The first-order valence-electron chi connectivity index (χ1n) is 23.9. The number of aliphatic hydroxyl groups excluding tert-OH is 6. The minimum absolute atomic E-state index is 0.303. The molecule has 1 saturated heterocycles. The van der Waals surface area contributed by atoms with Crippen LogP contribution in [0.5, 0.6) is 0 Å². The highest BCUT2D eigenvalue weighted by atomic mass is 16.7. The fraction of sp³-hybridized carbons (Fsp3) is 0.936. The maximum atomic E-state index is 13.0. The van der Waals surface area contributed by atoms with Gasteiger partial charge in [0.15, 0.2) is 6.29 Å².